The van der Waals surface area contributed by atoms with E-state index < -0.39 is 0 Å². The smallest absolute Gasteiger partial charge is 0.243 e. The third kappa shape index (κ3) is 7.11. The van der Waals surface area contributed by atoms with Crippen LogP contribution in [-0.4, -0.2) is 88.4 Å². The number of hydrogen-bond donors (Lipinski definition) is 1. The quantitative estimate of drug-likeness (QED) is 0.398. The van der Waals surface area contributed by atoms with Crippen molar-refractivity contribution in [3.63, 3.8) is 0 Å². The Balaban J connectivity index is 1.90. The maximum Gasteiger partial charge on any atom is 0.243 e. The van der Waals surface area contributed by atoms with Gasteiger partial charge < -0.3 is 24.6 Å². The highest BCUT2D eigenvalue weighted by atomic mass is 16.5. The molecule has 1 N–H and O–H groups in total. The summed E-state index contributed by atoms with van der Waals surface area (Å²) in [5, 5.41) is 3.63. The summed E-state index contributed by atoms with van der Waals surface area (Å²) >= 11 is 0. The van der Waals surface area contributed by atoms with Crippen molar-refractivity contribution in [1.82, 2.24) is 15.1 Å². The van der Waals surface area contributed by atoms with Gasteiger partial charge in [0.05, 0.1) is 19.8 Å². The molecule has 1 aliphatic heterocycles. The van der Waals surface area contributed by atoms with E-state index >= 15 is 0 Å². The molecule has 1 amide bonds. The van der Waals surface area contributed by atoms with Crippen molar-refractivity contribution in [3.8, 4) is 0 Å². The number of guanidine groups is 1. The van der Waals surface area contributed by atoms with Crippen LogP contribution in [0.1, 0.15) is 38.5 Å². The fraction of sp³-hybridized carbons (Fsp3) is 0.895. The van der Waals surface area contributed by atoms with Crippen molar-refractivity contribution in [3.05, 3.63) is 0 Å². The molecule has 2 rings (SSSR count). The Morgan fingerprint density at radius 3 is 2.65 bits per heavy atom. The van der Waals surface area contributed by atoms with E-state index in [1.165, 1.54) is 32.1 Å². The van der Waals surface area contributed by atoms with E-state index in [2.05, 4.69) is 15.2 Å². The van der Waals surface area contributed by atoms with Gasteiger partial charge in [-0.25, -0.2) is 4.99 Å². The topological polar surface area (TPSA) is 66.4 Å². The van der Waals surface area contributed by atoms with Gasteiger partial charge in [-0.1, -0.05) is 19.3 Å². The molecule has 0 radical (unpaired) electrons. The van der Waals surface area contributed by atoms with Crippen molar-refractivity contribution in [2.45, 2.75) is 44.6 Å². The van der Waals surface area contributed by atoms with Gasteiger partial charge in [0.25, 0.3) is 0 Å². The van der Waals surface area contributed by atoms with Crippen molar-refractivity contribution < 1.29 is 14.3 Å². The second-order valence-electron chi connectivity index (χ2n) is 7.58. The van der Waals surface area contributed by atoms with E-state index in [0.29, 0.717) is 25.2 Å². The summed E-state index contributed by atoms with van der Waals surface area (Å²) in [4.78, 5) is 20.5. The molecule has 26 heavy (non-hydrogen) atoms. The van der Waals surface area contributed by atoms with Crippen LogP contribution in [0.2, 0.25) is 0 Å². The highest BCUT2D eigenvalue weighted by Gasteiger charge is 2.27. The van der Waals surface area contributed by atoms with Gasteiger partial charge in [0.15, 0.2) is 5.96 Å². The number of methoxy groups -OCH3 is 1. The Labute approximate surface area is 158 Å². The highest BCUT2D eigenvalue weighted by molar-refractivity contribution is 5.85. The number of ether oxygens (including phenoxy) is 2. The molecule has 2 fully saturated rings. The summed E-state index contributed by atoms with van der Waals surface area (Å²) in [6.45, 7) is 4.14. The molecule has 7 nitrogen and oxygen atoms in total. The number of nitrogens with zero attached hydrogens (tertiary/aromatic N) is 3. The number of carbonyl (C=O) groups is 1. The van der Waals surface area contributed by atoms with E-state index in [0.717, 1.165) is 32.1 Å². The minimum atomic E-state index is 0.0339. The Kier molecular flexibility index (Phi) is 9.18. The maximum atomic E-state index is 12.0. The lowest BCUT2D eigenvalue weighted by molar-refractivity contribution is -0.127. The number of hydrogen-bond acceptors (Lipinski definition) is 4. The third-order valence-corrected chi connectivity index (χ3v) is 5.17. The van der Waals surface area contributed by atoms with Crippen LogP contribution in [0.4, 0.5) is 0 Å². The predicted molar refractivity (Wildman–Crippen MR) is 103 cm³/mol. The van der Waals surface area contributed by atoms with E-state index in [9.17, 15) is 4.79 Å². The van der Waals surface area contributed by atoms with Crippen LogP contribution in [0.3, 0.4) is 0 Å². The van der Waals surface area contributed by atoms with Crippen molar-refractivity contribution in [1.29, 1.82) is 0 Å². The van der Waals surface area contributed by atoms with Crippen molar-refractivity contribution in [2.75, 3.05) is 60.7 Å². The second kappa shape index (κ2) is 11.4. The van der Waals surface area contributed by atoms with E-state index in [1.54, 1.807) is 26.1 Å². The normalized spacial score (nSPS) is 21.9. The summed E-state index contributed by atoms with van der Waals surface area (Å²) < 4.78 is 10.7. The van der Waals surface area contributed by atoms with Gasteiger partial charge in [-0.2, -0.15) is 0 Å². The van der Waals surface area contributed by atoms with Crippen LogP contribution in [0, 0.1) is 5.92 Å². The molecule has 150 valence electrons. The average Bonchev–Trinajstić information content (AvgIpc) is 3.11. The first-order valence-corrected chi connectivity index (χ1v) is 9.93. The van der Waals surface area contributed by atoms with Gasteiger partial charge in [0.2, 0.25) is 5.91 Å². The van der Waals surface area contributed by atoms with E-state index in [4.69, 9.17) is 9.47 Å². The molecule has 1 atom stereocenters. The lowest BCUT2D eigenvalue weighted by atomic mass is 9.96. The van der Waals surface area contributed by atoms with E-state index in [1.807, 2.05) is 0 Å². The molecule has 1 saturated heterocycles. The van der Waals surface area contributed by atoms with Crippen LogP contribution >= 0.6 is 0 Å². The highest BCUT2D eigenvalue weighted by Crippen LogP contribution is 2.20. The zero-order valence-corrected chi connectivity index (χ0v) is 16.7. The maximum absolute atomic E-state index is 12.0. The molecule has 1 saturated carbocycles. The van der Waals surface area contributed by atoms with Gasteiger partial charge in [0, 0.05) is 46.3 Å². The zero-order chi connectivity index (χ0) is 18.8. The number of rotatable bonds is 8. The van der Waals surface area contributed by atoms with E-state index in [-0.39, 0.29) is 12.5 Å². The molecule has 0 aromatic rings. The summed E-state index contributed by atoms with van der Waals surface area (Å²) in [7, 11) is 5.24. The molecule has 1 unspecified atom stereocenters. The number of carbonyl (C=O) groups excluding carboxylic acids is 1. The van der Waals surface area contributed by atoms with Crippen LogP contribution in [0.15, 0.2) is 4.99 Å². The number of likely N-dealkylation sites (N-methyl/N-ethyl adjacent to an activating group) is 1. The largest absolute Gasteiger partial charge is 0.382 e. The number of aliphatic imine (C=N–C) groups is 1. The third-order valence-electron chi connectivity index (χ3n) is 5.17. The first kappa shape index (κ1) is 21.0. The lowest BCUT2D eigenvalue weighted by Crippen LogP contribution is -2.46. The zero-order valence-electron chi connectivity index (χ0n) is 16.7. The monoisotopic (exact) mass is 368 g/mol. The molecule has 2 aliphatic rings. The number of likely N-dealkylation sites (tertiary alicyclic amines) is 1. The summed E-state index contributed by atoms with van der Waals surface area (Å²) in [5.74, 6) is 1.44. The fourth-order valence-electron chi connectivity index (χ4n) is 3.50. The molecular weight excluding hydrogens is 332 g/mol. The standard InChI is InChI=1S/C19H36N4O3/c1-22(2)18(24)13-20-19(21-17-7-5-4-6-8-17)23-10-9-16(14-23)15-26-12-11-25-3/h16-17H,4-15H2,1-3H3,(H,20,21). The minimum absolute atomic E-state index is 0.0339. The summed E-state index contributed by atoms with van der Waals surface area (Å²) in [6, 6.07) is 0.481. The van der Waals surface area contributed by atoms with Crippen LogP contribution < -0.4 is 5.32 Å². The molecule has 7 heteroatoms. The summed E-state index contributed by atoms with van der Waals surface area (Å²) in [5.41, 5.74) is 0. The first-order valence-electron chi connectivity index (χ1n) is 9.93. The molecule has 0 bridgehead atoms. The molecular formula is C19H36N4O3. The number of amides is 1. The van der Waals surface area contributed by atoms with Crippen LogP contribution in [0.5, 0.6) is 0 Å². The Morgan fingerprint density at radius 2 is 1.96 bits per heavy atom. The van der Waals surface area contributed by atoms with Crippen molar-refractivity contribution >= 4 is 11.9 Å². The predicted octanol–water partition coefficient (Wildman–Crippen LogP) is 1.34. The average molecular weight is 369 g/mol. The lowest BCUT2D eigenvalue weighted by Gasteiger charge is -2.29. The Hall–Kier alpha value is -1.34. The van der Waals surface area contributed by atoms with Crippen LogP contribution in [-0.2, 0) is 14.3 Å². The summed E-state index contributed by atoms with van der Waals surface area (Å²) in [6.07, 6.45) is 7.36. The molecule has 0 aromatic carbocycles. The second-order valence-corrected chi connectivity index (χ2v) is 7.58. The van der Waals surface area contributed by atoms with Gasteiger partial charge in [0.1, 0.15) is 6.54 Å². The SMILES string of the molecule is COCCOCC1CCN(C(=NCC(=O)N(C)C)NC2CCCCC2)C1. The van der Waals surface area contributed by atoms with Gasteiger partial charge in [-0.05, 0) is 19.3 Å². The molecule has 1 aliphatic carbocycles. The van der Waals surface area contributed by atoms with Gasteiger partial charge in [-0.15, -0.1) is 0 Å². The Bertz CT molecular complexity index is 450. The van der Waals surface area contributed by atoms with Crippen LogP contribution in [0.25, 0.3) is 0 Å². The molecule has 0 aromatic heterocycles. The molecule has 1 heterocycles. The number of nitrogens with one attached hydrogen (secondary N) is 1. The minimum Gasteiger partial charge on any atom is -0.382 e. The van der Waals surface area contributed by atoms with Gasteiger partial charge in [-0.3, -0.25) is 4.79 Å². The molecule has 0 spiro atoms. The fourth-order valence-corrected chi connectivity index (χ4v) is 3.50. The first-order chi connectivity index (χ1) is 12.6. The van der Waals surface area contributed by atoms with Crippen molar-refractivity contribution in [2.24, 2.45) is 10.9 Å². The van der Waals surface area contributed by atoms with Gasteiger partial charge >= 0.3 is 0 Å². The Morgan fingerprint density at radius 1 is 1.19 bits per heavy atom.